The highest BCUT2D eigenvalue weighted by molar-refractivity contribution is 6.37. The van der Waals surface area contributed by atoms with Gasteiger partial charge in [-0.1, -0.05) is 23.2 Å². The number of rotatable bonds is 5. The van der Waals surface area contributed by atoms with Gasteiger partial charge in [-0.05, 0) is 55.0 Å². The van der Waals surface area contributed by atoms with Crippen LogP contribution < -0.4 is 5.73 Å². The van der Waals surface area contributed by atoms with Crippen molar-refractivity contribution in [3.05, 3.63) is 57.0 Å². The third-order valence-corrected chi connectivity index (χ3v) is 7.44. The predicted octanol–water partition coefficient (Wildman–Crippen LogP) is 4.78. The quantitative estimate of drug-likeness (QED) is 0.400. The first-order valence-corrected chi connectivity index (χ1v) is 12.0. The van der Waals surface area contributed by atoms with E-state index in [1.807, 2.05) is 26.1 Å². The number of carbonyl (C=O) groups excluding carboxylic acids is 2. The number of ether oxygens (including phenoxy) is 1. The lowest BCUT2D eigenvalue weighted by Crippen LogP contribution is -2.39. The van der Waals surface area contributed by atoms with E-state index < -0.39 is 0 Å². The van der Waals surface area contributed by atoms with Crippen LogP contribution in [0, 0.1) is 12.8 Å². The number of amides is 1. The molecule has 1 fully saturated rings. The van der Waals surface area contributed by atoms with Crippen LogP contribution in [-0.4, -0.2) is 46.5 Å². The number of methoxy groups -OCH3 is 1. The Morgan fingerprint density at radius 1 is 1.21 bits per heavy atom. The van der Waals surface area contributed by atoms with Crippen LogP contribution in [0.1, 0.15) is 46.6 Å². The minimum absolute atomic E-state index is 0.201. The molecule has 3 aromatic rings. The maximum Gasteiger partial charge on any atom is 0.305 e. The average Bonchev–Trinajstić information content (AvgIpc) is 3.12. The van der Waals surface area contributed by atoms with Crippen molar-refractivity contribution < 1.29 is 14.3 Å². The molecule has 0 saturated carbocycles. The molecule has 0 aliphatic carbocycles. The number of pyridine rings is 1. The lowest BCUT2D eigenvalue weighted by molar-refractivity contribution is -0.142. The Morgan fingerprint density at radius 2 is 1.91 bits per heavy atom. The van der Waals surface area contributed by atoms with Gasteiger partial charge in [0.25, 0.3) is 5.91 Å². The number of esters is 1. The predicted molar refractivity (Wildman–Crippen MR) is 134 cm³/mol. The molecular formula is C25H28Cl2N4O3. The summed E-state index contributed by atoms with van der Waals surface area (Å²) in [7, 11) is 3.37. The maximum atomic E-state index is 13.2. The van der Waals surface area contributed by atoms with E-state index in [0.29, 0.717) is 42.2 Å². The van der Waals surface area contributed by atoms with Gasteiger partial charge in [0.2, 0.25) is 0 Å². The number of benzene rings is 1. The Bertz CT molecular complexity index is 1260. The number of carbonyl (C=O) groups is 2. The molecule has 7 nitrogen and oxygen atoms in total. The van der Waals surface area contributed by atoms with E-state index in [4.69, 9.17) is 33.7 Å². The number of likely N-dealkylation sites (tertiary alicyclic amines) is 1. The van der Waals surface area contributed by atoms with Crippen molar-refractivity contribution in [3.63, 3.8) is 0 Å². The number of nitrogens with two attached hydrogens (primary N) is 1. The molecule has 0 bridgehead atoms. The van der Waals surface area contributed by atoms with Gasteiger partial charge in [0.15, 0.2) is 0 Å². The lowest BCUT2D eigenvalue weighted by Gasteiger charge is -2.31. The Balaban J connectivity index is 1.57. The topological polar surface area (TPSA) is 90.4 Å². The summed E-state index contributed by atoms with van der Waals surface area (Å²) in [6.07, 6.45) is 3.78. The second-order valence-corrected chi connectivity index (χ2v) is 9.69. The highest BCUT2D eigenvalue weighted by Gasteiger charge is 2.28. The number of fused-ring (bicyclic) bond motifs is 1. The van der Waals surface area contributed by atoms with Crippen molar-refractivity contribution in [2.45, 2.75) is 32.6 Å². The second kappa shape index (κ2) is 9.84. The highest BCUT2D eigenvalue weighted by atomic mass is 35.5. The van der Waals surface area contributed by atoms with E-state index in [1.165, 1.54) is 13.3 Å². The number of piperidine rings is 1. The number of halogens is 2. The minimum atomic E-state index is -0.222. The van der Waals surface area contributed by atoms with Gasteiger partial charge in [-0.3, -0.25) is 9.59 Å². The fourth-order valence-electron chi connectivity index (χ4n) is 4.66. The Hall–Kier alpha value is -2.77. The van der Waals surface area contributed by atoms with Gasteiger partial charge in [-0.15, -0.1) is 0 Å². The summed E-state index contributed by atoms with van der Waals surface area (Å²) < 4.78 is 6.83. The number of hydrogen-bond donors (Lipinski definition) is 1. The summed E-state index contributed by atoms with van der Waals surface area (Å²) >= 11 is 13.2. The van der Waals surface area contributed by atoms with Crippen LogP contribution in [0.25, 0.3) is 10.9 Å². The largest absolute Gasteiger partial charge is 0.469 e. The number of aromatic nitrogens is 2. The normalized spacial score (nSPS) is 14.6. The van der Waals surface area contributed by atoms with Crippen molar-refractivity contribution in [1.82, 2.24) is 14.5 Å². The average molecular weight is 503 g/mol. The van der Waals surface area contributed by atoms with Crippen molar-refractivity contribution in [3.8, 4) is 0 Å². The van der Waals surface area contributed by atoms with Crippen LogP contribution >= 0.6 is 23.2 Å². The van der Waals surface area contributed by atoms with Gasteiger partial charge in [0, 0.05) is 55.9 Å². The number of anilines is 1. The third-order valence-electron chi connectivity index (χ3n) is 6.70. The number of aryl methyl sites for hydroxylation is 2. The molecule has 2 N–H and O–H groups in total. The van der Waals surface area contributed by atoms with Gasteiger partial charge >= 0.3 is 5.97 Å². The Kier molecular flexibility index (Phi) is 7.05. The van der Waals surface area contributed by atoms with E-state index in [9.17, 15) is 9.59 Å². The summed E-state index contributed by atoms with van der Waals surface area (Å²) in [5.41, 5.74) is 10.7. The molecule has 0 spiro atoms. The van der Waals surface area contributed by atoms with Gasteiger partial charge in [-0.25, -0.2) is 4.98 Å². The molecule has 0 unspecified atom stereocenters. The first-order valence-electron chi connectivity index (χ1n) is 11.2. The van der Waals surface area contributed by atoms with Crippen LogP contribution in [-0.2, 0) is 23.0 Å². The van der Waals surface area contributed by atoms with Gasteiger partial charge in [0.05, 0.1) is 22.7 Å². The summed E-state index contributed by atoms with van der Waals surface area (Å²) in [6.45, 7) is 3.11. The maximum absolute atomic E-state index is 13.2. The summed E-state index contributed by atoms with van der Waals surface area (Å²) in [6, 6.07) is 5.99. The molecule has 4 rings (SSSR count). The fourth-order valence-corrected chi connectivity index (χ4v) is 5.22. The van der Waals surface area contributed by atoms with Crippen molar-refractivity contribution in [2.24, 2.45) is 13.0 Å². The first-order chi connectivity index (χ1) is 16.2. The third kappa shape index (κ3) is 4.72. The molecule has 1 saturated heterocycles. The van der Waals surface area contributed by atoms with Crippen LogP contribution in [0.15, 0.2) is 24.4 Å². The van der Waals surface area contributed by atoms with Crippen molar-refractivity contribution in [1.29, 1.82) is 0 Å². The molecule has 3 heterocycles. The van der Waals surface area contributed by atoms with Crippen molar-refractivity contribution >= 4 is 51.7 Å². The second-order valence-electron chi connectivity index (χ2n) is 8.91. The van der Waals surface area contributed by atoms with Crippen LogP contribution in [0.4, 0.5) is 5.69 Å². The summed E-state index contributed by atoms with van der Waals surface area (Å²) in [5, 5.41) is 1.80. The van der Waals surface area contributed by atoms with Crippen LogP contribution in [0.2, 0.25) is 10.0 Å². The molecule has 180 valence electrons. The number of nitrogen functional groups attached to an aromatic ring is 1. The smallest absolute Gasteiger partial charge is 0.305 e. The van der Waals surface area contributed by atoms with Gasteiger partial charge in [-0.2, -0.15) is 0 Å². The minimum Gasteiger partial charge on any atom is -0.469 e. The highest BCUT2D eigenvalue weighted by Crippen LogP contribution is 2.33. The van der Waals surface area contributed by atoms with Gasteiger partial charge in [0.1, 0.15) is 5.69 Å². The zero-order valence-electron chi connectivity index (χ0n) is 19.5. The van der Waals surface area contributed by atoms with E-state index in [0.717, 1.165) is 35.0 Å². The van der Waals surface area contributed by atoms with E-state index in [-0.39, 0.29) is 28.5 Å². The van der Waals surface area contributed by atoms with Gasteiger partial charge < -0.3 is 19.9 Å². The molecule has 1 amide bonds. The van der Waals surface area contributed by atoms with E-state index in [1.54, 1.807) is 4.90 Å². The van der Waals surface area contributed by atoms with Crippen LogP contribution in [0.3, 0.4) is 0 Å². The number of hydrogen-bond acceptors (Lipinski definition) is 5. The molecule has 2 aromatic heterocycles. The molecule has 34 heavy (non-hydrogen) atoms. The standard InChI is InChI=1S/C25H28Cl2N4O3/c1-14-8-16(28)10-21-18(14)11-17(30(21)2)12-19-20(26)13-29-24(23(19)27)25(33)31-6-4-15(5-7-31)9-22(32)34-3/h8,10-11,13,15H,4-7,9,12,28H2,1-3H3. The molecule has 1 aromatic carbocycles. The zero-order valence-corrected chi connectivity index (χ0v) is 21.0. The Morgan fingerprint density at radius 3 is 2.59 bits per heavy atom. The Labute approximate surface area is 208 Å². The SMILES string of the molecule is COC(=O)CC1CCN(C(=O)c2ncc(Cl)c(Cc3cc4c(C)cc(N)cc4n3C)c2Cl)CC1. The number of nitrogens with zero attached hydrogens (tertiary/aromatic N) is 3. The summed E-state index contributed by atoms with van der Waals surface area (Å²) in [5.74, 6) is -0.229. The van der Waals surface area contributed by atoms with Crippen molar-refractivity contribution in [2.75, 3.05) is 25.9 Å². The monoisotopic (exact) mass is 502 g/mol. The van der Waals surface area contributed by atoms with E-state index in [2.05, 4.69) is 15.6 Å². The van der Waals surface area contributed by atoms with E-state index >= 15 is 0 Å². The van der Waals surface area contributed by atoms with Crippen LogP contribution in [0.5, 0.6) is 0 Å². The fraction of sp³-hybridized carbons (Fsp3) is 0.400. The molecule has 0 atom stereocenters. The summed E-state index contributed by atoms with van der Waals surface area (Å²) in [4.78, 5) is 30.8. The lowest BCUT2D eigenvalue weighted by atomic mass is 9.93. The zero-order chi connectivity index (χ0) is 24.6. The first kappa shape index (κ1) is 24.4. The molecular weight excluding hydrogens is 475 g/mol. The molecule has 0 radical (unpaired) electrons. The molecule has 1 aliphatic rings. The molecule has 1 aliphatic heterocycles. The molecule has 9 heteroatoms.